The summed E-state index contributed by atoms with van der Waals surface area (Å²) in [6, 6.07) is 7.20. The van der Waals surface area contributed by atoms with Crippen molar-refractivity contribution in [1.82, 2.24) is 4.31 Å². The molecule has 0 saturated heterocycles. The van der Waals surface area contributed by atoms with E-state index in [1.54, 1.807) is 28.6 Å². The second kappa shape index (κ2) is 6.14. The first-order valence-corrected chi connectivity index (χ1v) is 8.69. The van der Waals surface area contributed by atoms with Crippen LogP contribution in [0.25, 0.3) is 0 Å². The van der Waals surface area contributed by atoms with Crippen LogP contribution in [0, 0.1) is 5.92 Å². The molecule has 1 saturated carbocycles. The number of sulfonamides is 1. The van der Waals surface area contributed by atoms with E-state index in [4.69, 9.17) is 0 Å². The van der Waals surface area contributed by atoms with Crippen LogP contribution < -0.4 is 5.32 Å². The first-order valence-electron chi connectivity index (χ1n) is 7.25. The number of anilines is 1. The number of benzene rings is 1. The number of nitrogens with zero attached hydrogens (tertiary/aromatic N) is 1. The van der Waals surface area contributed by atoms with Gasteiger partial charge in [-0.2, -0.15) is 4.31 Å². The molecule has 0 aliphatic heterocycles. The van der Waals surface area contributed by atoms with Gasteiger partial charge in [-0.15, -0.1) is 0 Å². The maximum Gasteiger partial charge on any atom is 0.243 e. The van der Waals surface area contributed by atoms with Gasteiger partial charge in [-0.1, -0.05) is 13.8 Å². The SMILES string of the molecule is CNc1ccc(S(=O)(=O)N(CCC(C)C)C2CC2)cc1. The fourth-order valence-electron chi connectivity index (χ4n) is 2.18. The molecule has 1 aromatic carbocycles. The Morgan fingerprint density at radius 3 is 2.30 bits per heavy atom. The van der Waals surface area contributed by atoms with Crippen LogP contribution in [0.5, 0.6) is 0 Å². The molecule has 0 radical (unpaired) electrons. The van der Waals surface area contributed by atoms with Crippen molar-refractivity contribution in [3.05, 3.63) is 24.3 Å². The summed E-state index contributed by atoms with van der Waals surface area (Å²) in [6.07, 6.45) is 2.89. The van der Waals surface area contributed by atoms with Crippen molar-refractivity contribution >= 4 is 15.7 Å². The average Bonchev–Trinajstić information content (AvgIpc) is 3.23. The monoisotopic (exact) mass is 296 g/mol. The van der Waals surface area contributed by atoms with E-state index in [2.05, 4.69) is 19.2 Å². The topological polar surface area (TPSA) is 49.4 Å². The summed E-state index contributed by atoms with van der Waals surface area (Å²) in [5.41, 5.74) is 0.920. The van der Waals surface area contributed by atoms with Gasteiger partial charge in [-0.25, -0.2) is 8.42 Å². The maximum absolute atomic E-state index is 12.7. The molecule has 20 heavy (non-hydrogen) atoms. The minimum absolute atomic E-state index is 0.211. The summed E-state index contributed by atoms with van der Waals surface area (Å²) in [6.45, 7) is 4.87. The van der Waals surface area contributed by atoms with Crippen molar-refractivity contribution in [2.75, 3.05) is 18.9 Å². The van der Waals surface area contributed by atoms with E-state index in [1.807, 2.05) is 7.05 Å². The zero-order valence-corrected chi connectivity index (χ0v) is 13.3. The molecule has 0 heterocycles. The molecule has 0 bridgehead atoms. The molecule has 1 aliphatic rings. The molecule has 4 nitrogen and oxygen atoms in total. The third-order valence-corrected chi connectivity index (χ3v) is 5.60. The molecule has 0 aromatic heterocycles. The van der Waals surface area contributed by atoms with Crippen molar-refractivity contribution in [2.24, 2.45) is 5.92 Å². The van der Waals surface area contributed by atoms with E-state index >= 15 is 0 Å². The standard InChI is InChI=1S/C15H24N2O2S/c1-12(2)10-11-17(14-6-7-14)20(18,19)15-8-4-13(16-3)5-9-15/h4-5,8-9,12,14,16H,6-7,10-11H2,1-3H3. The summed E-state index contributed by atoms with van der Waals surface area (Å²) >= 11 is 0. The number of rotatable bonds is 7. The zero-order chi connectivity index (χ0) is 14.8. The molecule has 0 amide bonds. The highest BCUT2D eigenvalue weighted by Crippen LogP contribution is 2.32. The Bertz CT molecular complexity index is 533. The summed E-state index contributed by atoms with van der Waals surface area (Å²) in [4.78, 5) is 0.396. The fraction of sp³-hybridized carbons (Fsp3) is 0.600. The van der Waals surface area contributed by atoms with Crippen molar-refractivity contribution in [3.63, 3.8) is 0 Å². The molecule has 0 spiro atoms. The van der Waals surface area contributed by atoms with E-state index in [-0.39, 0.29) is 6.04 Å². The van der Waals surface area contributed by atoms with E-state index in [0.717, 1.165) is 24.9 Å². The fourth-order valence-corrected chi connectivity index (χ4v) is 3.88. The number of hydrogen-bond acceptors (Lipinski definition) is 3. The van der Waals surface area contributed by atoms with Crippen LogP contribution in [-0.4, -0.2) is 32.4 Å². The van der Waals surface area contributed by atoms with Crippen LogP contribution in [0.2, 0.25) is 0 Å². The van der Waals surface area contributed by atoms with Crippen LogP contribution in [-0.2, 0) is 10.0 Å². The van der Waals surface area contributed by atoms with Crippen molar-refractivity contribution in [2.45, 2.75) is 44.0 Å². The molecule has 1 aliphatic carbocycles. The molecular formula is C15H24N2O2S. The maximum atomic E-state index is 12.7. The highest BCUT2D eigenvalue weighted by Gasteiger charge is 2.37. The van der Waals surface area contributed by atoms with Crippen molar-refractivity contribution in [3.8, 4) is 0 Å². The Balaban J connectivity index is 2.20. The van der Waals surface area contributed by atoms with E-state index < -0.39 is 10.0 Å². The van der Waals surface area contributed by atoms with Gasteiger partial charge in [0.05, 0.1) is 4.90 Å². The van der Waals surface area contributed by atoms with Gasteiger partial charge in [0.25, 0.3) is 0 Å². The Kier molecular flexibility index (Phi) is 4.70. The summed E-state index contributed by atoms with van der Waals surface area (Å²) in [5, 5.41) is 3.00. The van der Waals surface area contributed by atoms with Gasteiger partial charge in [0, 0.05) is 25.3 Å². The molecule has 0 atom stereocenters. The first kappa shape index (κ1) is 15.3. The summed E-state index contributed by atoms with van der Waals surface area (Å²) in [7, 11) is -1.53. The smallest absolute Gasteiger partial charge is 0.243 e. The highest BCUT2D eigenvalue weighted by atomic mass is 32.2. The second-order valence-electron chi connectivity index (χ2n) is 5.80. The third kappa shape index (κ3) is 3.52. The Hall–Kier alpha value is -1.07. The largest absolute Gasteiger partial charge is 0.388 e. The van der Waals surface area contributed by atoms with Gasteiger partial charge in [0.2, 0.25) is 10.0 Å². The van der Waals surface area contributed by atoms with E-state index in [0.29, 0.717) is 17.4 Å². The molecule has 5 heteroatoms. The average molecular weight is 296 g/mol. The van der Waals surface area contributed by atoms with Gasteiger partial charge < -0.3 is 5.32 Å². The van der Waals surface area contributed by atoms with Crippen LogP contribution in [0.1, 0.15) is 33.1 Å². The Morgan fingerprint density at radius 1 is 1.25 bits per heavy atom. The molecule has 1 fully saturated rings. The lowest BCUT2D eigenvalue weighted by molar-refractivity contribution is 0.373. The molecular weight excluding hydrogens is 272 g/mol. The van der Waals surface area contributed by atoms with Gasteiger partial charge >= 0.3 is 0 Å². The lowest BCUT2D eigenvalue weighted by atomic mass is 10.1. The normalized spacial score (nSPS) is 15.8. The van der Waals surface area contributed by atoms with Gasteiger partial charge in [0.1, 0.15) is 0 Å². The van der Waals surface area contributed by atoms with Crippen molar-refractivity contribution < 1.29 is 8.42 Å². The minimum atomic E-state index is -3.35. The Labute approximate surface area is 122 Å². The highest BCUT2D eigenvalue weighted by molar-refractivity contribution is 7.89. The van der Waals surface area contributed by atoms with Crippen LogP contribution in [0.15, 0.2) is 29.2 Å². The first-order chi connectivity index (χ1) is 9.45. The predicted octanol–water partition coefficient (Wildman–Crippen LogP) is 2.93. The second-order valence-corrected chi connectivity index (χ2v) is 7.69. The lowest BCUT2D eigenvalue weighted by Gasteiger charge is -2.23. The molecule has 0 unspecified atom stereocenters. The zero-order valence-electron chi connectivity index (χ0n) is 12.5. The van der Waals surface area contributed by atoms with Crippen LogP contribution in [0.4, 0.5) is 5.69 Å². The van der Waals surface area contributed by atoms with Gasteiger partial charge in [0.15, 0.2) is 0 Å². The van der Waals surface area contributed by atoms with E-state index in [1.165, 1.54) is 0 Å². The number of nitrogens with one attached hydrogen (secondary N) is 1. The molecule has 1 aromatic rings. The molecule has 2 rings (SSSR count). The van der Waals surface area contributed by atoms with Gasteiger partial charge in [-0.3, -0.25) is 0 Å². The summed E-state index contributed by atoms with van der Waals surface area (Å²) < 4.78 is 27.2. The van der Waals surface area contributed by atoms with Crippen LogP contribution >= 0.6 is 0 Å². The molecule has 1 N–H and O–H groups in total. The Morgan fingerprint density at radius 2 is 1.85 bits per heavy atom. The lowest BCUT2D eigenvalue weighted by Crippen LogP contribution is -2.34. The van der Waals surface area contributed by atoms with Crippen LogP contribution in [0.3, 0.4) is 0 Å². The predicted molar refractivity (Wildman–Crippen MR) is 82.4 cm³/mol. The van der Waals surface area contributed by atoms with Crippen molar-refractivity contribution in [1.29, 1.82) is 0 Å². The molecule has 112 valence electrons. The van der Waals surface area contributed by atoms with Gasteiger partial charge in [-0.05, 0) is 49.4 Å². The summed E-state index contributed by atoms with van der Waals surface area (Å²) in [5.74, 6) is 0.512. The third-order valence-electron chi connectivity index (χ3n) is 3.63. The van der Waals surface area contributed by atoms with E-state index in [9.17, 15) is 8.42 Å². The number of hydrogen-bond donors (Lipinski definition) is 1. The quantitative estimate of drug-likeness (QED) is 0.841. The minimum Gasteiger partial charge on any atom is -0.388 e.